The summed E-state index contributed by atoms with van der Waals surface area (Å²) in [7, 11) is 3.95. The highest BCUT2D eigenvalue weighted by Gasteiger charge is 2.27. The minimum absolute atomic E-state index is 0.0508. The number of piperidine rings is 1. The van der Waals surface area contributed by atoms with Crippen LogP contribution in [0.5, 0.6) is 0 Å². The predicted octanol–water partition coefficient (Wildman–Crippen LogP) is 4.68. The number of nitrogens with zero attached hydrogens (tertiary/aromatic N) is 5. The summed E-state index contributed by atoms with van der Waals surface area (Å²) in [5.41, 5.74) is 3.35. The number of furan rings is 1. The van der Waals surface area contributed by atoms with Crippen LogP contribution in [0, 0.1) is 6.92 Å². The van der Waals surface area contributed by atoms with Crippen LogP contribution in [0.1, 0.15) is 40.6 Å². The van der Waals surface area contributed by atoms with Crippen molar-refractivity contribution >= 4 is 22.7 Å². The van der Waals surface area contributed by atoms with Crippen molar-refractivity contribution in [2.45, 2.75) is 25.7 Å². The van der Waals surface area contributed by atoms with E-state index in [4.69, 9.17) is 14.4 Å². The Balaban J connectivity index is 1.43. The van der Waals surface area contributed by atoms with E-state index in [1.807, 2.05) is 73.3 Å². The van der Waals surface area contributed by atoms with Crippen LogP contribution in [0.4, 0.5) is 5.82 Å². The molecule has 1 fully saturated rings. The summed E-state index contributed by atoms with van der Waals surface area (Å²) in [6.45, 7) is 3.30. The summed E-state index contributed by atoms with van der Waals surface area (Å²) in [4.78, 5) is 31.1. The minimum Gasteiger partial charge on any atom is -0.461 e. The van der Waals surface area contributed by atoms with E-state index in [1.165, 1.54) is 0 Å². The van der Waals surface area contributed by atoms with E-state index in [0.29, 0.717) is 17.9 Å². The third-order valence-electron chi connectivity index (χ3n) is 6.12. The lowest BCUT2D eigenvalue weighted by Gasteiger charge is -2.33. The number of hydrogen-bond donors (Lipinski definition) is 0. The molecule has 1 aromatic carbocycles. The van der Waals surface area contributed by atoms with E-state index in [1.54, 1.807) is 12.4 Å². The maximum atomic E-state index is 13.3. The third-order valence-corrected chi connectivity index (χ3v) is 6.12. The van der Waals surface area contributed by atoms with E-state index in [0.717, 1.165) is 53.2 Å². The van der Waals surface area contributed by atoms with Gasteiger partial charge in [0.1, 0.15) is 17.2 Å². The Morgan fingerprint density at radius 3 is 2.82 bits per heavy atom. The smallest absolute Gasteiger partial charge is 0.253 e. The lowest BCUT2D eigenvalue weighted by Crippen LogP contribution is -2.39. The summed E-state index contributed by atoms with van der Waals surface area (Å²) < 4.78 is 5.65. The van der Waals surface area contributed by atoms with Crippen LogP contribution in [0.2, 0.25) is 0 Å². The van der Waals surface area contributed by atoms with Gasteiger partial charge in [-0.05, 0) is 56.2 Å². The summed E-state index contributed by atoms with van der Waals surface area (Å²) in [5.74, 6) is 2.56. The van der Waals surface area contributed by atoms with Crippen molar-refractivity contribution in [2.24, 2.45) is 0 Å². The van der Waals surface area contributed by atoms with E-state index >= 15 is 0 Å². The van der Waals surface area contributed by atoms with Crippen LogP contribution in [-0.2, 0) is 0 Å². The van der Waals surface area contributed by atoms with E-state index < -0.39 is 0 Å². The van der Waals surface area contributed by atoms with Gasteiger partial charge in [0.05, 0.1) is 5.69 Å². The molecular weight excluding hydrogens is 414 g/mol. The molecule has 1 aliphatic heterocycles. The number of aromatic nitrogens is 3. The lowest BCUT2D eigenvalue weighted by atomic mass is 9.93. The highest BCUT2D eigenvalue weighted by atomic mass is 16.3. The highest BCUT2D eigenvalue weighted by Crippen LogP contribution is 2.30. The number of fused-ring (bicyclic) bond motifs is 1. The number of rotatable bonds is 4. The van der Waals surface area contributed by atoms with E-state index in [9.17, 15) is 4.79 Å². The number of amides is 1. The summed E-state index contributed by atoms with van der Waals surface area (Å²) in [5, 5.41) is 0.958. The van der Waals surface area contributed by atoms with E-state index in [2.05, 4.69) is 4.98 Å². The lowest BCUT2D eigenvalue weighted by molar-refractivity contribution is 0.0706. The van der Waals surface area contributed by atoms with Gasteiger partial charge < -0.3 is 14.2 Å². The second-order valence-electron chi connectivity index (χ2n) is 8.81. The Kier molecular flexibility index (Phi) is 5.54. The molecule has 33 heavy (non-hydrogen) atoms. The van der Waals surface area contributed by atoms with Crippen LogP contribution in [0.3, 0.4) is 0 Å². The molecule has 5 rings (SSSR count). The number of anilines is 1. The average molecular weight is 442 g/mol. The average Bonchev–Trinajstić information content (AvgIpc) is 3.23. The summed E-state index contributed by atoms with van der Waals surface area (Å²) >= 11 is 0. The molecule has 3 aromatic heterocycles. The summed E-state index contributed by atoms with van der Waals surface area (Å²) in [6, 6.07) is 13.5. The van der Waals surface area contributed by atoms with Gasteiger partial charge >= 0.3 is 0 Å². The number of hydrogen-bond acceptors (Lipinski definition) is 6. The Hall–Kier alpha value is -3.74. The maximum absolute atomic E-state index is 13.3. The van der Waals surface area contributed by atoms with Gasteiger partial charge in [-0.2, -0.15) is 0 Å². The maximum Gasteiger partial charge on any atom is 0.253 e. The monoisotopic (exact) mass is 441 g/mol. The van der Waals surface area contributed by atoms with Crippen molar-refractivity contribution in [3.8, 4) is 11.4 Å². The fourth-order valence-electron chi connectivity index (χ4n) is 4.41. The third kappa shape index (κ3) is 4.31. The summed E-state index contributed by atoms with van der Waals surface area (Å²) in [6.07, 6.45) is 5.45. The number of pyridine rings is 1. The first kappa shape index (κ1) is 21.1. The van der Waals surface area contributed by atoms with Crippen molar-refractivity contribution in [2.75, 3.05) is 32.1 Å². The van der Waals surface area contributed by atoms with Crippen molar-refractivity contribution in [1.29, 1.82) is 0 Å². The molecular formula is C26H27N5O2. The normalized spacial score (nSPS) is 16.2. The molecule has 0 radical (unpaired) electrons. The standard InChI is InChI=1S/C26H27N5O2/c1-17-12-21-13-18(8-9-23(21)33-17)26(32)31-11-5-7-20(16-31)22-14-24(30(2)3)29-25(28-22)19-6-4-10-27-15-19/h4,6,8-10,12-15,20H,5,7,11,16H2,1-3H3/t20-/m1/s1. The Labute approximate surface area is 193 Å². The van der Waals surface area contributed by atoms with Gasteiger partial charge in [0.25, 0.3) is 5.91 Å². The molecule has 1 aliphatic rings. The van der Waals surface area contributed by atoms with Gasteiger partial charge in [-0.3, -0.25) is 9.78 Å². The van der Waals surface area contributed by atoms with Crippen molar-refractivity contribution in [3.63, 3.8) is 0 Å². The fraction of sp³-hybridized carbons (Fsp3) is 0.308. The Morgan fingerprint density at radius 2 is 2.03 bits per heavy atom. The van der Waals surface area contributed by atoms with Crippen molar-refractivity contribution in [3.05, 3.63) is 71.9 Å². The van der Waals surface area contributed by atoms with Crippen LogP contribution in [0.15, 0.2) is 59.3 Å². The molecule has 168 valence electrons. The van der Waals surface area contributed by atoms with Gasteiger partial charge in [0.2, 0.25) is 0 Å². The molecule has 1 saturated heterocycles. The quantitative estimate of drug-likeness (QED) is 0.458. The number of likely N-dealkylation sites (tertiary alicyclic amines) is 1. The first-order valence-electron chi connectivity index (χ1n) is 11.2. The van der Waals surface area contributed by atoms with Crippen LogP contribution in [-0.4, -0.2) is 52.9 Å². The number of aryl methyl sites for hydroxylation is 1. The minimum atomic E-state index is 0.0508. The SMILES string of the molecule is Cc1cc2cc(C(=O)N3CCC[C@@H](c4cc(N(C)C)nc(-c5cccnc5)n4)C3)ccc2o1. The van der Waals surface area contributed by atoms with Gasteiger partial charge in [-0.15, -0.1) is 0 Å². The van der Waals surface area contributed by atoms with Gasteiger partial charge in [-0.25, -0.2) is 9.97 Å². The number of carbonyl (C=O) groups excluding carboxylic acids is 1. The topological polar surface area (TPSA) is 75.4 Å². The highest BCUT2D eigenvalue weighted by molar-refractivity contribution is 5.98. The zero-order valence-corrected chi connectivity index (χ0v) is 19.2. The largest absolute Gasteiger partial charge is 0.461 e. The fourth-order valence-corrected chi connectivity index (χ4v) is 4.41. The number of carbonyl (C=O) groups is 1. The molecule has 1 amide bonds. The first-order chi connectivity index (χ1) is 16.0. The molecule has 0 N–H and O–H groups in total. The molecule has 4 aromatic rings. The molecule has 0 saturated carbocycles. The Morgan fingerprint density at radius 1 is 1.15 bits per heavy atom. The molecule has 0 bridgehead atoms. The van der Waals surface area contributed by atoms with Crippen molar-refractivity contribution < 1.29 is 9.21 Å². The second kappa shape index (κ2) is 8.65. The molecule has 7 nitrogen and oxygen atoms in total. The predicted molar refractivity (Wildman–Crippen MR) is 128 cm³/mol. The van der Waals surface area contributed by atoms with Gasteiger partial charge in [0.15, 0.2) is 5.82 Å². The first-order valence-corrected chi connectivity index (χ1v) is 11.2. The van der Waals surface area contributed by atoms with Crippen LogP contribution >= 0.6 is 0 Å². The Bertz CT molecular complexity index is 1300. The van der Waals surface area contributed by atoms with Crippen LogP contribution < -0.4 is 4.90 Å². The van der Waals surface area contributed by atoms with Crippen molar-refractivity contribution in [1.82, 2.24) is 19.9 Å². The molecule has 1 atom stereocenters. The molecule has 4 heterocycles. The number of benzene rings is 1. The molecule has 7 heteroatoms. The van der Waals surface area contributed by atoms with E-state index in [-0.39, 0.29) is 11.8 Å². The zero-order chi connectivity index (χ0) is 22.9. The molecule has 0 spiro atoms. The van der Waals surface area contributed by atoms with Crippen LogP contribution in [0.25, 0.3) is 22.4 Å². The molecule has 0 unspecified atom stereocenters. The second-order valence-corrected chi connectivity index (χ2v) is 8.81. The van der Waals surface area contributed by atoms with Gasteiger partial charge in [0, 0.05) is 68.1 Å². The van der Waals surface area contributed by atoms with Gasteiger partial charge in [-0.1, -0.05) is 0 Å². The molecule has 0 aliphatic carbocycles. The zero-order valence-electron chi connectivity index (χ0n) is 19.2.